The molecule has 1 atom stereocenters. The number of piperazine rings is 1. The van der Waals surface area contributed by atoms with Crippen molar-refractivity contribution in [1.82, 2.24) is 14.7 Å². The Morgan fingerprint density at radius 1 is 1.18 bits per heavy atom. The highest BCUT2D eigenvalue weighted by molar-refractivity contribution is 5.85. The zero-order chi connectivity index (χ0) is 16.3. The van der Waals surface area contributed by atoms with Gasteiger partial charge in [-0.2, -0.15) is 0 Å². The quantitative estimate of drug-likeness (QED) is 0.803. The van der Waals surface area contributed by atoms with Crippen molar-refractivity contribution >= 4 is 11.8 Å². The van der Waals surface area contributed by atoms with Gasteiger partial charge >= 0.3 is 0 Å². The van der Waals surface area contributed by atoms with Gasteiger partial charge in [-0.1, -0.05) is 20.8 Å². The van der Waals surface area contributed by atoms with Crippen molar-refractivity contribution in [3.05, 3.63) is 0 Å². The lowest BCUT2D eigenvalue weighted by Gasteiger charge is -2.38. The third-order valence-electron chi connectivity index (χ3n) is 4.65. The topological polar surface area (TPSA) is 64.1 Å². The second-order valence-corrected chi connectivity index (χ2v) is 7.48. The van der Waals surface area contributed by atoms with Crippen molar-refractivity contribution in [2.75, 3.05) is 45.8 Å². The number of amides is 2. The minimum atomic E-state index is -0.364. The summed E-state index contributed by atoms with van der Waals surface area (Å²) < 4.78 is 0. The standard InChI is InChI=1S/C16H29N3O3/c1-16(2,3)13(20)11-17-7-9-18(10-8-17)15(22)12-19-6-4-5-14(19)21/h13,20H,4-12H2,1-3H3. The molecule has 2 saturated heterocycles. The van der Waals surface area contributed by atoms with Gasteiger partial charge in [0.2, 0.25) is 11.8 Å². The average molecular weight is 311 g/mol. The van der Waals surface area contributed by atoms with E-state index in [0.717, 1.165) is 19.5 Å². The molecule has 126 valence electrons. The molecule has 0 aliphatic carbocycles. The number of β-amino-alcohol motifs (C(OH)–C–C–N with tert-alkyl or cyclic N) is 1. The number of rotatable bonds is 4. The smallest absolute Gasteiger partial charge is 0.242 e. The van der Waals surface area contributed by atoms with Gasteiger partial charge in [0.25, 0.3) is 0 Å². The Kier molecular flexibility index (Phi) is 5.45. The van der Waals surface area contributed by atoms with Gasteiger partial charge in [-0.3, -0.25) is 14.5 Å². The molecule has 22 heavy (non-hydrogen) atoms. The van der Waals surface area contributed by atoms with Crippen molar-refractivity contribution in [1.29, 1.82) is 0 Å². The molecule has 2 heterocycles. The lowest BCUT2D eigenvalue weighted by molar-refractivity contribution is -0.139. The summed E-state index contributed by atoms with van der Waals surface area (Å²) in [4.78, 5) is 29.5. The molecule has 0 bridgehead atoms. The van der Waals surface area contributed by atoms with Gasteiger partial charge in [-0.15, -0.1) is 0 Å². The predicted molar refractivity (Wildman–Crippen MR) is 84.3 cm³/mol. The van der Waals surface area contributed by atoms with Crippen LogP contribution in [-0.4, -0.2) is 83.5 Å². The average Bonchev–Trinajstić information content (AvgIpc) is 2.84. The third-order valence-corrected chi connectivity index (χ3v) is 4.65. The molecule has 6 heteroatoms. The number of hydrogen-bond acceptors (Lipinski definition) is 4. The number of hydrogen-bond donors (Lipinski definition) is 1. The van der Waals surface area contributed by atoms with E-state index in [9.17, 15) is 14.7 Å². The van der Waals surface area contributed by atoms with Crippen molar-refractivity contribution in [3.63, 3.8) is 0 Å². The maximum Gasteiger partial charge on any atom is 0.242 e. The van der Waals surface area contributed by atoms with E-state index in [-0.39, 0.29) is 29.9 Å². The molecule has 0 saturated carbocycles. The van der Waals surface area contributed by atoms with E-state index in [0.29, 0.717) is 32.6 Å². The first-order valence-corrected chi connectivity index (χ1v) is 8.23. The molecule has 1 unspecified atom stereocenters. The lowest BCUT2D eigenvalue weighted by Crippen LogP contribution is -2.53. The van der Waals surface area contributed by atoms with Crippen LogP contribution in [-0.2, 0) is 9.59 Å². The first-order chi connectivity index (χ1) is 10.3. The van der Waals surface area contributed by atoms with Crippen LogP contribution in [0.25, 0.3) is 0 Å². The van der Waals surface area contributed by atoms with Crippen LogP contribution < -0.4 is 0 Å². The Hall–Kier alpha value is -1.14. The number of nitrogens with zero attached hydrogens (tertiary/aromatic N) is 3. The summed E-state index contributed by atoms with van der Waals surface area (Å²) in [5, 5.41) is 10.2. The van der Waals surface area contributed by atoms with Crippen molar-refractivity contribution in [3.8, 4) is 0 Å². The molecule has 0 spiro atoms. The highest BCUT2D eigenvalue weighted by atomic mass is 16.3. The molecule has 0 aromatic rings. The van der Waals surface area contributed by atoms with E-state index in [4.69, 9.17) is 0 Å². The molecule has 1 N–H and O–H groups in total. The highest BCUT2D eigenvalue weighted by Gasteiger charge is 2.29. The predicted octanol–water partition coefficient (Wildman–Crippen LogP) is 0.160. The minimum Gasteiger partial charge on any atom is -0.391 e. The van der Waals surface area contributed by atoms with Gasteiger partial charge in [-0.25, -0.2) is 0 Å². The van der Waals surface area contributed by atoms with E-state index in [1.54, 1.807) is 4.90 Å². The van der Waals surface area contributed by atoms with Crippen LogP contribution in [0, 0.1) is 5.41 Å². The number of carbonyl (C=O) groups is 2. The molecule has 0 radical (unpaired) electrons. The first-order valence-electron chi connectivity index (χ1n) is 8.23. The monoisotopic (exact) mass is 311 g/mol. The summed E-state index contributed by atoms with van der Waals surface area (Å²) in [6.07, 6.45) is 1.08. The van der Waals surface area contributed by atoms with Gasteiger partial charge in [-0.05, 0) is 11.8 Å². The fourth-order valence-corrected chi connectivity index (χ4v) is 2.83. The summed E-state index contributed by atoms with van der Waals surface area (Å²) in [6.45, 7) is 10.6. The summed E-state index contributed by atoms with van der Waals surface area (Å²) in [7, 11) is 0. The summed E-state index contributed by atoms with van der Waals surface area (Å²) in [5.41, 5.74) is -0.122. The molecule has 0 aromatic carbocycles. The van der Waals surface area contributed by atoms with E-state index in [2.05, 4.69) is 4.90 Å². The Morgan fingerprint density at radius 2 is 1.82 bits per heavy atom. The maximum absolute atomic E-state index is 12.3. The fourth-order valence-electron chi connectivity index (χ4n) is 2.83. The minimum absolute atomic E-state index is 0.0475. The normalized spacial score (nSPS) is 22.3. The molecule has 0 aromatic heterocycles. The van der Waals surface area contributed by atoms with Crippen LogP contribution in [0.3, 0.4) is 0 Å². The SMILES string of the molecule is CC(C)(C)C(O)CN1CCN(C(=O)CN2CCCC2=O)CC1. The Bertz CT molecular complexity index is 411. The lowest BCUT2D eigenvalue weighted by atomic mass is 9.89. The number of carbonyl (C=O) groups excluding carboxylic acids is 2. The van der Waals surface area contributed by atoms with Crippen molar-refractivity contribution in [2.45, 2.75) is 39.7 Å². The van der Waals surface area contributed by atoms with Crippen LogP contribution in [0.1, 0.15) is 33.6 Å². The summed E-state index contributed by atoms with van der Waals surface area (Å²) in [6, 6.07) is 0. The van der Waals surface area contributed by atoms with Crippen molar-refractivity contribution < 1.29 is 14.7 Å². The summed E-state index contributed by atoms with van der Waals surface area (Å²) in [5.74, 6) is 0.145. The molecule has 2 aliphatic rings. The van der Waals surface area contributed by atoms with E-state index >= 15 is 0 Å². The molecular weight excluding hydrogens is 282 g/mol. The second-order valence-electron chi connectivity index (χ2n) is 7.48. The molecular formula is C16H29N3O3. The van der Waals surface area contributed by atoms with Gasteiger partial charge < -0.3 is 14.9 Å². The molecule has 2 aliphatic heterocycles. The van der Waals surface area contributed by atoms with Gasteiger partial charge in [0.1, 0.15) is 0 Å². The van der Waals surface area contributed by atoms with E-state index < -0.39 is 0 Å². The van der Waals surface area contributed by atoms with Gasteiger partial charge in [0.15, 0.2) is 0 Å². The number of aliphatic hydroxyl groups excluding tert-OH is 1. The van der Waals surface area contributed by atoms with E-state index in [1.807, 2.05) is 25.7 Å². The second kappa shape index (κ2) is 6.96. The Balaban J connectivity index is 1.74. The van der Waals surface area contributed by atoms with Gasteiger partial charge in [0.05, 0.1) is 12.6 Å². The molecule has 2 fully saturated rings. The molecule has 2 rings (SSSR count). The van der Waals surface area contributed by atoms with Crippen LogP contribution in [0.2, 0.25) is 0 Å². The zero-order valence-electron chi connectivity index (χ0n) is 14.0. The zero-order valence-corrected chi connectivity index (χ0v) is 14.0. The molecule has 6 nitrogen and oxygen atoms in total. The van der Waals surface area contributed by atoms with Crippen molar-refractivity contribution in [2.24, 2.45) is 5.41 Å². The molecule has 2 amide bonds. The number of likely N-dealkylation sites (tertiary alicyclic amines) is 1. The van der Waals surface area contributed by atoms with Gasteiger partial charge in [0, 0.05) is 45.7 Å². The maximum atomic E-state index is 12.3. The number of aliphatic hydroxyl groups is 1. The van der Waals surface area contributed by atoms with Crippen LogP contribution >= 0.6 is 0 Å². The Morgan fingerprint density at radius 3 is 2.32 bits per heavy atom. The highest BCUT2D eigenvalue weighted by Crippen LogP contribution is 2.20. The van der Waals surface area contributed by atoms with Crippen LogP contribution in [0.4, 0.5) is 0 Å². The fraction of sp³-hybridized carbons (Fsp3) is 0.875. The third kappa shape index (κ3) is 4.43. The van der Waals surface area contributed by atoms with Crippen LogP contribution in [0.5, 0.6) is 0 Å². The van der Waals surface area contributed by atoms with Crippen LogP contribution in [0.15, 0.2) is 0 Å². The Labute approximate surface area is 133 Å². The van der Waals surface area contributed by atoms with E-state index in [1.165, 1.54) is 0 Å². The summed E-state index contributed by atoms with van der Waals surface area (Å²) >= 11 is 0. The largest absolute Gasteiger partial charge is 0.391 e. The first kappa shape index (κ1) is 17.2.